The molecule has 1 amide bonds. The largest absolute Gasteiger partial charge is 1.00 e. The van der Waals surface area contributed by atoms with Gasteiger partial charge in [-0.3, -0.25) is 14.2 Å². The summed E-state index contributed by atoms with van der Waals surface area (Å²) in [5.41, 5.74) is -1.52. The van der Waals surface area contributed by atoms with Gasteiger partial charge in [0, 0.05) is 20.7 Å². The van der Waals surface area contributed by atoms with Crippen molar-refractivity contribution in [2.45, 2.75) is 32.9 Å². The maximum absolute atomic E-state index is 13.8. The van der Waals surface area contributed by atoms with Crippen LogP contribution in [0.5, 0.6) is 5.75 Å². The SMILES string of the molecule is COC(C)(C)c1nc(C(=O)NCc2ccc(F)cc2-n2ncnc2C)c([O-])c(=O)n1C.[Na+]. The second-order valence-electron chi connectivity index (χ2n) is 7.37. The standard InChI is InChI=1S/C20H23FN6O4.Na/c1-11-23-10-24-27(11)14-8-13(21)7-6-12(14)9-22-17(29)15-16(28)18(30)26(4)19(25-15)20(2,3)31-5;/h6-8,10,28H,9H2,1-5H3,(H,22,29);/q;+1/p-1. The molecule has 0 aliphatic heterocycles. The number of carbonyl (C=O) groups is 1. The molecule has 0 aliphatic carbocycles. The molecule has 10 nitrogen and oxygen atoms in total. The Balaban J connectivity index is 0.00000363. The van der Waals surface area contributed by atoms with E-state index >= 15 is 0 Å². The minimum Gasteiger partial charge on any atom is -0.867 e. The van der Waals surface area contributed by atoms with E-state index in [-0.39, 0.29) is 41.9 Å². The number of hydrogen-bond acceptors (Lipinski definition) is 7. The smallest absolute Gasteiger partial charge is 0.867 e. The first-order valence-electron chi connectivity index (χ1n) is 9.34. The van der Waals surface area contributed by atoms with Gasteiger partial charge in [0.2, 0.25) is 5.56 Å². The average Bonchev–Trinajstić information content (AvgIpc) is 3.16. The molecule has 0 saturated heterocycles. The van der Waals surface area contributed by atoms with Gasteiger partial charge in [0.1, 0.15) is 35.1 Å². The minimum atomic E-state index is -1.03. The van der Waals surface area contributed by atoms with E-state index in [2.05, 4.69) is 20.4 Å². The van der Waals surface area contributed by atoms with E-state index in [1.807, 2.05) is 0 Å². The summed E-state index contributed by atoms with van der Waals surface area (Å²) in [6, 6.07) is 3.99. The molecular formula is C20H22FN6NaO4. The van der Waals surface area contributed by atoms with Gasteiger partial charge in [0.25, 0.3) is 5.91 Å². The van der Waals surface area contributed by atoms with Crippen molar-refractivity contribution in [3.8, 4) is 11.4 Å². The van der Waals surface area contributed by atoms with Crippen LogP contribution in [-0.2, 0) is 23.9 Å². The second-order valence-corrected chi connectivity index (χ2v) is 7.37. The maximum Gasteiger partial charge on any atom is 1.00 e. The molecular weight excluding hydrogens is 430 g/mol. The summed E-state index contributed by atoms with van der Waals surface area (Å²) < 4.78 is 21.6. The molecule has 2 heterocycles. The first-order chi connectivity index (χ1) is 14.6. The fourth-order valence-corrected chi connectivity index (χ4v) is 3.04. The third-order valence-corrected chi connectivity index (χ3v) is 4.95. The number of nitrogens with zero attached hydrogens (tertiary/aromatic N) is 5. The molecule has 3 rings (SSSR count). The number of ether oxygens (including phenoxy) is 1. The van der Waals surface area contributed by atoms with Crippen LogP contribution < -0.4 is 45.5 Å². The molecule has 3 aromatic rings. The molecule has 0 fully saturated rings. The molecule has 1 N–H and O–H groups in total. The zero-order valence-corrected chi connectivity index (χ0v) is 20.8. The molecule has 32 heavy (non-hydrogen) atoms. The summed E-state index contributed by atoms with van der Waals surface area (Å²) in [7, 11) is 2.82. The van der Waals surface area contributed by atoms with Crippen molar-refractivity contribution < 1.29 is 48.6 Å². The van der Waals surface area contributed by atoms with Gasteiger partial charge in [-0.2, -0.15) is 5.10 Å². The summed E-state index contributed by atoms with van der Waals surface area (Å²) >= 11 is 0. The van der Waals surface area contributed by atoms with Gasteiger partial charge in [-0.05, 0) is 44.2 Å². The first-order valence-corrected chi connectivity index (χ1v) is 9.34. The average molecular weight is 452 g/mol. The molecule has 0 radical (unpaired) electrons. The van der Waals surface area contributed by atoms with Crippen molar-refractivity contribution in [2.75, 3.05) is 7.11 Å². The van der Waals surface area contributed by atoms with E-state index in [1.165, 1.54) is 43.4 Å². The van der Waals surface area contributed by atoms with Gasteiger partial charge in [0.15, 0.2) is 0 Å². The number of carbonyl (C=O) groups excluding carboxylic acids is 1. The van der Waals surface area contributed by atoms with Gasteiger partial charge in [-0.1, -0.05) is 6.07 Å². The van der Waals surface area contributed by atoms with Crippen molar-refractivity contribution in [1.29, 1.82) is 0 Å². The number of nitrogens with one attached hydrogen (secondary N) is 1. The summed E-state index contributed by atoms with van der Waals surface area (Å²) in [4.78, 5) is 33.2. The van der Waals surface area contributed by atoms with E-state index in [1.54, 1.807) is 20.8 Å². The van der Waals surface area contributed by atoms with Crippen LogP contribution >= 0.6 is 0 Å². The van der Waals surface area contributed by atoms with E-state index in [0.717, 1.165) is 4.57 Å². The van der Waals surface area contributed by atoms with Gasteiger partial charge in [0.05, 0.1) is 5.69 Å². The van der Waals surface area contributed by atoms with E-state index < -0.39 is 34.3 Å². The monoisotopic (exact) mass is 452 g/mol. The van der Waals surface area contributed by atoms with Crippen LogP contribution in [0.2, 0.25) is 0 Å². The quantitative estimate of drug-likeness (QED) is 0.417. The topological polar surface area (TPSA) is 127 Å². The van der Waals surface area contributed by atoms with Gasteiger partial charge in [-0.25, -0.2) is 19.0 Å². The molecule has 0 saturated carbocycles. The van der Waals surface area contributed by atoms with Gasteiger partial charge >= 0.3 is 29.6 Å². The van der Waals surface area contributed by atoms with Crippen molar-refractivity contribution in [2.24, 2.45) is 7.05 Å². The Morgan fingerprint density at radius 1 is 1.34 bits per heavy atom. The molecule has 1 aromatic carbocycles. The number of benzene rings is 1. The van der Waals surface area contributed by atoms with Crippen LogP contribution in [0.1, 0.15) is 41.5 Å². The van der Waals surface area contributed by atoms with Crippen molar-refractivity contribution in [3.63, 3.8) is 0 Å². The van der Waals surface area contributed by atoms with E-state index in [0.29, 0.717) is 17.1 Å². The predicted molar refractivity (Wildman–Crippen MR) is 106 cm³/mol. The molecule has 0 spiro atoms. The molecule has 12 heteroatoms. The second kappa shape index (κ2) is 9.90. The van der Waals surface area contributed by atoms with Crippen molar-refractivity contribution >= 4 is 5.91 Å². The maximum atomic E-state index is 13.8. The van der Waals surface area contributed by atoms with Crippen LogP contribution in [0.4, 0.5) is 4.39 Å². The number of methoxy groups -OCH3 is 1. The Kier molecular flexibility index (Phi) is 7.94. The molecule has 2 aromatic heterocycles. The van der Waals surface area contributed by atoms with Gasteiger partial charge < -0.3 is 15.2 Å². The summed E-state index contributed by atoms with van der Waals surface area (Å²) in [6.45, 7) is 4.96. The van der Waals surface area contributed by atoms with Crippen LogP contribution in [0.15, 0.2) is 29.3 Å². The number of amides is 1. The molecule has 0 atom stereocenters. The number of aryl methyl sites for hydroxylation is 1. The van der Waals surface area contributed by atoms with Crippen LogP contribution in [0.3, 0.4) is 0 Å². The van der Waals surface area contributed by atoms with Crippen LogP contribution in [0.25, 0.3) is 5.69 Å². The molecule has 0 bridgehead atoms. The predicted octanol–water partition coefficient (Wildman–Crippen LogP) is -2.30. The number of hydrogen-bond donors (Lipinski definition) is 1. The Bertz CT molecular complexity index is 1210. The molecule has 164 valence electrons. The third-order valence-electron chi connectivity index (χ3n) is 4.95. The number of aromatic nitrogens is 5. The van der Waals surface area contributed by atoms with E-state index in [4.69, 9.17) is 4.74 Å². The minimum absolute atomic E-state index is 0. The third kappa shape index (κ3) is 4.90. The Labute approximate surface area is 205 Å². The normalized spacial score (nSPS) is 11.2. The number of halogens is 1. The summed E-state index contributed by atoms with van der Waals surface area (Å²) in [6.07, 6.45) is 1.33. The van der Waals surface area contributed by atoms with Gasteiger partial charge in [-0.15, -0.1) is 0 Å². The number of rotatable bonds is 6. The van der Waals surface area contributed by atoms with Crippen LogP contribution in [-0.4, -0.2) is 37.3 Å². The zero-order chi connectivity index (χ0) is 22.9. The van der Waals surface area contributed by atoms with Crippen LogP contribution in [0, 0.1) is 12.7 Å². The Morgan fingerprint density at radius 3 is 2.62 bits per heavy atom. The summed E-state index contributed by atoms with van der Waals surface area (Å²) in [5, 5.41) is 19.0. The molecule has 0 unspecified atom stereocenters. The zero-order valence-electron chi connectivity index (χ0n) is 18.8. The fourth-order valence-electron chi connectivity index (χ4n) is 3.04. The molecule has 0 aliphatic rings. The van der Waals surface area contributed by atoms with Crippen molar-refractivity contribution in [1.82, 2.24) is 29.6 Å². The Hall–Kier alpha value is -2.60. The van der Waals surface area contributed by atoms with E-state index in [9.17, 15) is 19.1 Å². The summed E-state index contributed by atoms with van der Waals surface area (Å²) in [5.74, 6) is -1.69. The fraction of sp³-hybridized carbons (Fsp3) is 0.350. The first kappa shape index (κ1) is 25.7. The van der Waals surface area contributed by atoms with Crippen molar-refractivity contribution in [3.05, 3.63) is 63.6 Å². The Morgan fingerprint density at radius 2 is 2.03 bits per heavy atom.